The van der Waals surface area contributed by atoms with Crippen molar-refractivity contribution in [2.45, 2.75) is 38.5 Å². The van der Waals surface area contributed by atoms with Crippen LogP contribution in [-0.4, -0.2) is 61.6 Å². The van der Waals surface area contributed by atoms with Crippen molar-refractivity contribution in [1.82, 2.24) is 9.97 Å². The van der Waals surface area contributed by atoms with Gasteiger partial charge in [-0.15, -0.1) is 0 Å². The maximum absolute atomic E-state index is 11.3. The molecule has 4 rings (SSSR count). The summed E-state index contributed by atoms with van der Waals surface area (Å²) >= 11 is 0. The minimum Gasteiger partial charge on any atom is -0.493 e. The van der Waals surface area contributed by atoms with Crippen LogP contribution in [0.2, 0.25) is 0 Å². The molecule has 2 fully saturated rings. The summed E-state index contributed by atoms with van der Waals surface area (Å²) in [6, 6.07) is 2.90. The van der Waals surface area contributed by atoms with Crippen LogP contribution in [-0.2, 0) is 4.74 Å². The van der Waals surface area contributed by atoms with Gasteiger partial charge in [0.25, 0.3) is 0 Å². The van der Waals surface area contributed by atoms with Crippen LogP contribution in [0.4, 0.5) is 0 Å². The first-order chi connectivity index (χ1) is 16.9. The van der Waals surface area contributed by atoms with Crippen molar-refractivity contribution in [1.29, 1.82) is 0 Å². The standard InChI is InChI=1S/C13H17NO4.C12H15NO4/c1-16-11-7-10(13(15)17-2)14-8-12(11)18-6-5-9-3-4-9;1-16-10-6-9(12(14)15)13-7-11(10)17-5-4-8-2-3-8/h7-9H,3-6H2,1-2H3;6-8H,2-5H2,1H3,(H,14,15). The molecule has 0 amide bonds. The van der Waals surface area contributed by atoms with E-state index in [1.54, 1.807) is 0 Å². The highest BCUT2D eigenvalue weighted by molar-refractivity contribution is 5.87. The Morgan fingerprint density at radius 3 is 1.66 bits per heavy atom. The Bertz CT molecular complexity index is 1000. The summed E-state index contributed by atoms with van der Waals surface area (Å²) in [5, 5.41) is 8.79. The van der Waals surface area contributed by atoms with Crippen molar-refractivity contribution < 1.29 is 38.4 Å². The lowest BCUT2D eigenvalue weighted by molar-refractivity contribution is 0.0592. The van der Waals surface area contributed by atoms with Gasteiger partial charge in [0.05, 0.1) is 46.9 Å². The molecule has 0 atom stereocenters. The summed E-state index contributed by atoms with van der Waals surface area (Å²) in [7, 11) is 4.33. The number of carboxylic acid groups (broad SMARTS) is 1. The first-order valence-corrected chi connectivity index (χ1v) is 11.6. The van der Waals surface area contributed by atoms with Gasteiger partial charge in [0, 0.05) is 12.1 Å². The van der Waals surface area contributed by atoms with E-state index >= 15 is 0 Å². The van der Waals surface area contributed by atoms with Crippen molar-refractivity contribution in [2.24, 2.45) is 11.8 Å². The van der Waals surface area contributed by atoms with Gasteiger partial charge in [-0.25, -0.2) is 19.6 Å². The zero-order chi connectivity index (χ0) is 25.2. The second kappa shape index (κ2) is 12.8. The molecule has 2 aromatic heterocycles. The monoisotopic (exact) mass is 488 g/mol. The molecule has 0 aliphatic heterocycles. The molecule has 0 bridgehead atoms. The predicted molar refractivity (Wildman–Crippen MR) is 126 cm³/mol. The summed E-state index contributed by atoms with van der Waals surface area (Å²) in [6.45, 7) is 1.27. The predicted octanol–water partition coefficient (Wildman–Crippen LogP) is 4.02. The first-order valence-electron chi connectivity index (χ1n) is 11.6. The lowest BCUT2D eigenvalue weighted by Gasteiger charge is -2.10. The lowest BCUT2D eigenvalue weighted by atomic mass is 10.3. The normalized spacial score (nSPS) is 14.3. The maximum Gasteiger partial charge on any atom is 0.356 e. The number of aromatic nitrogens is 2. The number of methoxy groups -OCH3 is 3. The molecule has 10 heteroatoms. The van der Waals surface area contributed by atoms with Crippen molar-refractivity contribution in [3.05, 3.63) is 35.9 Å². The van der Waals surface area contributed by atoms with Crippen LogP contribution in [0.5, 0.6) is 23.0 Å². The first kappa shape index (κ1) is 26.1. The molecule has 0 radical (unpaired) electrons. The lowest BCUT2D eigenvalue weighted by Crippen LogP contribution is -2.06. The molecule has 35 heavy (non-hydrogen) atoms. The highest BCUT2D eigenvalue weighted by Crippen LogP contribution is 2.34. The molecule has 0 saturated heterocycles. The van der Waals surface area contributed by atoms with E-state index < -0.39 is 11.9 Å². The third-order valence-corrected chi connectivity index (χ3v) is 5.68. The molecule has 2 heterocycles. The van der Waals surface area contributed by atoms with Crippen LogP contribution in [0.25, 0.3) is 0 Å². The molecular formula is C25H32N2O8. The van der Waals surface area contributed by atoms with E-state index in [4.69, 9.17) is 24.1 Å². The van der Waals surface area contributed by atoms with Gasteiger partial charge in [-0.2, -0.15) is 0 Å². The quantitative estimate of drug-likeness (QED) is 0.438. The van der Waals surface area contributed by atoms with Gasteiger partial charge in [-0.1, -0.05) is 25.7 Å². The third-order valence-electron chi connectivity index (χ3n) is 5.68. The number of esters is 1. The number of carbonyl (C=O) groups is 2. The van der Waals surface area contributed by atoms with Crippen LogP contribution in [0, 0.1) is 11.8 Å². The zero-order valence-electron chi connectivity index (χ0n) is 20.3. The zero-order valence-corrected chi connectivity index (χ0v) is 20.3. The molecule has 0 aromatic carbocycles. The molecule has 1 N–H and O–H groups in total. The van der Waals surface area contributed by atoms with Gasteiger partial charge in [-0.3, -0.25) is 0 Å². The second-order valence-corrected chi connectivity index (χ2v) is 8.40. The Morgan fingerprint density at radius 2 is 1.26 bits per heavy atom. The molecule has 2 saturated carbocycles. The van der Waals surface area contributed by atoms with Crippen LogP contribution in [0.1, 0.15) is 59.5 Å². The van der Waals surface area contributed by atoms with Crippen LogP contribution in [0.3, 0.4) is 0 Å². The van der Waals surface area contributed by atoms with Crippen LogP contribution < -0.4 is 18.9 Å². The van der Waals surface area contributed by atoms with Crippen molar-refractivity contribution >= 4 is 11.9 Å². The van der Waals surface area contributed by atoms with E-state index in [1.165, 1.54) is 71.5 Å². The van der Waals surface area contributed by atoms with E-state index in [0.717, 1.165) is 24.7 Å². The number of nitrogens with zero attached hydrogens (tertiary/aromatic N) is 2. The van der Waals surface area contributed by atoms with E-state index in [-0.39, 0.29) is 11.4 Å². The minimum absolute atomic E-state index is 0.0450. The molecule has 0 unspecified atom stereocenters. The summed E-state index contributed by atoms with van der Waals surface area (Å²) in [4.78, 5) is 29.8. The number of carbonyl (C=O) groups excluding carboxylic acids is 1. The summed E-state index contributed by atoms with van der Waals surface area (Å²) in [6.07, 6.45) is 10.2. The molecular weight excluding hydrogens is 456 g/mol. The number of carboxylic acids is 1. The number of hydrogen-bond acceptors (Lipinski definition) is 9. The van der Waals surface area contributed by atoms with Crippen LogP contribution in [0.15, 0.2) is 24.5 Å². The van der Waals surface area contributed by atoms with Gasteiger partial charge >= 0.3 is 11.9 Å². The summed E-state index contributed by atoms with van der Waals surface area (Å²) in [5.41, 5.74) is 0.167. The third kappa shape index (κ3) is 8.31. The van der Waals surface area contributed by atoms with E-state index in [1.807, 2.05) is 0 Å². The Labute approximate surface area is 204 Å². The average Bonchev–Trinajstić information content (AvgIpc) is 3.80. The Morgan fingerprint density at radius 1 is 0.800 bits per heavy atom. The van der Waals surface area contributed by atoms with E-state index in [2.05, 4.69) is 14.7 Å². The SMILES string of the molecule is COC(=O)c1cc(OC)c(OCCC2CC2)cn1.COc1cc(C(=O)O)ncc1OCCC1CC1. The number of ether oxygens (including phenoxy) is 5. The second-order valence-electron chi connectivity index (χ2n) is 8.40. The molecule has 190 valence electrons. The van der Waals surface area contributed by atoms with E-state index in [0.29, 0.717) is 36.2 Å². The Balaban J connectivity index is 0.000000196. The van der Waals surface area contributed by atoms with Gasteiger partial charge in [0.2, 0.25) is 0 Å². The fourth-order valence-corrected chi connectivity index (χ4v) is 3.20. The number of pyridine rings is 2. The van der Waals surface area contributed by atoms with Crippen LogP contribution >= 0.6 is 0 Å². The Kier molecular flexibility index (Phi) is 9.51. The van der Waals surface area contributed by atoms with Crippen molar-refractivity contribution in [2.75, 3.05) is 34.5 Å². The number of hydrogen-bond donors (Lipinski definition) is 1. The Hall–Kier alpha value is -3.56. The maximum atomic E-state index is 11.3. The highest BCUT2D eigenvalue weighted by Gasteiger charge is 2.22. The number of aromatic carboxylic acids is 1. The van der Waals surface area contributed by atoms with Gasteiger partial charge in [0.15, 0.2) is 34.4 Å². The fraction of sp³-hybridized carbons (Fsp3) is 0.520. The minimum atomic E-state index is -1.08. The van der Waals surface area contributed by atoms with Gasteiger partial charge in [0.1, 0.15) is 0 Å². The molecule has 10 nitrogen and oxygen atoms in total. The van der Waals surface area contributed by atoms with Gasteiger partial charge < -0.3 is 28.8 Å². The van der Waals surface area contributed by atoms with Crippen molar-refractivity contribution in [3.8, 4) is 23.0 Å². The summed E-state index contributed by atoms with van der Waals surface area (Å²) in [5.74, 6) is 2.02. The average molecular weight is 489 g/mol. The highest BCUT2D eigenvalue weighted by atomic mass is 16.5. The van der Waals surface area contributed by atoms with Gasteiger partial charge in [-0.05, 0) is 24.7 Å². The largest absolute Gasteiger partial charge is 0.493 e. The smallest absolute Gasteiger partial charge is 0.356 e. The molecule has 2 aliphatic carbocycles. The molecule has 0 spiro atoms. The number of rotatable bonds is 12. The fourth-order valence-electron chi connectivity index (χ4n) is 3.20. The van der Waals surface area contributed by atoms with E-state index in [9.17, 15) is 9.59 Å². The van der Waals surface area contributed by atoms with Crippen molar-refractivity contribution in [3.63, 3.8) is 0 Å². The molecule has 2 aromatic rings. The summed E-state index contributed by atoms with van der Waals surface area (Å²) < 4.78 is 26.0. The molecule has 2 aliphatic rings. The topological polar surface area (TPSA) is 126 Å².